The van der Waals surface area contributed by atoms with Gasteiger partial charge in [0, 0.05) is 44.8 Å². The lowest BCUT2D eigenvalue weighted by atomic mass is 10.1. The molecule has 0 saturated carbocycles. The quantitative estimate of drug-likeness (QED) is 0.876. The molecular formula is C20H25N3O2. The number of rotatable bonds is 5. The highest BCUT2D eigenvalue weighted by molar-refractivity contribution is 5.94. The van der Waals surface area contributed by atoms with Crippen LogP contribution in [0.1, 0.15) is 21.5 Å². The molecular weight excluding hydrogens is 314 g/mol. The largest absolute Gasteiger partial charge is 0.508 e. The van der Waals surface area contributed by atoms with Gasteiger partial charge in [-0.05, 0) is 42.4 Å². The number of carbonyl (C=O) groups is 1. The molecule has 1 fully saturated rings. The summed E-state index contributed by atoms with van der Waals surface area (Å²) in [6, 6.07) is 15.1. The number of phenolic OH excluding ortho intramolecular Hbond substituents is 1. The molecule has 5 heteroatoms. The van der Waals surface area contributed by atoms with Crippen molar-refractivity contribution in [1.82, 2.24) is 15.1 Å². The number of phenols is 1. The van der Waals surface area contributed by atoms with Crippen LogP contribution >= 0.6 is 0 Å². The highest BCUT2D eigenvalue weighted by Crippen LogP contribution is 2.12. The first kappa shape index (κ1) is 17.5. The highest BCUT2D eigenvalue weighted by atomic mass is 16.3. The van der Waals surface area contributed by atoms with Crippen LogP contribution in [0.4, 0.5) is 0 Å². The number of nitrogens with zero attached hydrogens (tertiary/aromatic N) is 2. The molecule has 3 rings (SSSR count). The standard InChI is InChI=1S/C20H25N3O2/c1-22-9-11-23(12-10-22)20(25)18-7-5-16(6-8-18)14-21-15-17-3-2-4-19(24)13-17/h2-8,13,21,24H,9-12,14-15H2,1H3. The Balaban J connectivity index is 1.51. The first-order valence-corrected chi connectivity index (χ1v) is 8.67. The van der Waals surface area contributed by atoms with Gasteiger partial charge in [-0.3, -0.25) is 4.79 Å². The van der Waals surface area contributed by atoms with Gasteiger partial charge in [0.1, 0.15) is 5.75 Å². The third kappa shape index (κ3) is 4.81. The number of benzene rings is 2. The van der Waals surface area contributed by atoms with E-state index in [0.29, 0.717) is 6.54 Å². The van der Waals surface area contributed by atoms with Crippen LogP contribution in [-0.2, 0) is 13.1 Å². The van der Waals surface area contributed by atoms with Crippen LogP contribution in [0.25, 0.3) is 0 Å². The molecule has 0 radical (unpaired) electrons. The molecule has 1 amide bonds. The molecule has 0 atom stereocenters. The Morgan fingerprint density at radius 3 is 2.36 bits per heavy atom. The van der Waals surface area contributed by atoms with E-state index in [-0.39, 0.29) is 11.7 Å². The summed E-state index contributed by atoms with van der Waals surface area (Å²) < 4.78 is 0. The Kier molecular flexibility index (Phi) is 5.68. The molecule has 25 heavy (non-hydrogen) atoms. The van der Waals surface area contributed by atoms with Crippen molar-refractivity contribution in [3.05, 3.63) is 65.2 Å². The molecule has 0 aliphatic carbocycles. The summed E-state index contributed by atoms with van der Waals surface area (Å²) in [6.07, 6.45) is 0. The number of nitrogens with one attached hydrogen (secondary N) is 1. The number of carbonyl (C=O) groups excluding carboxylic acids is 1. The van der Waals surface area contributed by atoms with E-state index in [9.17, 15) is 9.90 Å². The third-order valence-electron chi connectivity index (χ3n) is 4.56. The number of piperazine rings is 1. The lowest BCUT2D eigenvalue weighted by Crippen LogP contribution is -2.47. The summed E-state index contributed by atoms with van der Waals surface area (Å²) in [5.41, 5.74) is 2.93. The Bertz CT molecular complexity index is 707. The van der Waals surface area contributed by atoms with Crippen molar-refractivity contribution in [2.45, 2.75) is 13.1 Å². The predicted octanol–water partition coefficient (Wildman–Crippen LogP) is 2.07. The molecule has 0 unspecified atom stereocenters. The molecule has 0 bridgehead atoms. The monoisotopic (exact) mass is 339 g/mol. The van der Waals surface area contributed by atoms with Crippen LogP contribution < -0.4 is 5.32 Å². The van der Waals surface area contributed by atoms with Gasteiger partial charge < -0.3 is 20.2 Å². The lowest BCUT2D eigenvalue weighted by Gasteiger charge is -2.32. The van der Waals surface area contributed by atoms with Gasteiger partial charge in [-0.15, -0.1) is 0 Å². The third-order valence-corrected chi connectivity index (χ3v) is 4.56. The van der Waals surface area contributed by atoms with Gasteiger partial charge in [0.25, 0.3) is 5.91 Å². The molecule has 0 aromatic heterocycles. The van der Waals surface area contributed by atoms with E-state index < -0.39 is 0 Å². The number of hydrogen-bond acceptors (Lipinski definition) is 4. The second-order valence-electron chi connectivity index (χ2n) is 6.57. The van der Waals surface area contributed by atoms with Crippen molar-refractivity contribution in [2.24, 2.45) is 0 Å². The zero-order chi connectivity index (χ0) is 17.6. The first-order valence-electron chi connectivity index (χ1n) is 8.67. The van der Waals surface area contributed by atoms with Crippen LogP contribution in [0.3, 0.4) is 0 Å². The molecule has 0 spiro atoms. The van der Waals surface area contributed by atoms with Gasteiger partial charge in [-0.25, -0.2) is 0 Å². The fourth-order valence-corrected chi connectivity index (χ4v) is 2.97. The molecule has 5 nitrogen and oxygen atoms in total. The van der Waals surface area contributed by atoms with Crippen molar-refractivity contribution in [1.29, 1.82) is 0 Å². The number of likely N-dealkylation sites (N-methyl/N-ethyl adjacent to an activating group) is 1. The van der Waals surface area contributed by atoms with Crippen molar-refractivity contribution < 1.29 is 9.90 Å². The van der Waals surface area contributed by atoms with E-state index in [1.165, 1.54) is 0 Å². The number of hydrogen-bond donors (Lipinski definition) is 2. The molecule has 2 N–H and O–H groups in total. The van der Waals surface area contributed by atoms with Crippen LogP contribution in [0.2, 0.25) is 0 Å². The van der Waals surface area contributed by atoms with E-state index in [1.54, 1.807) is 12.1 Å². The van der Waals surface area contributed by atoms with Crippen molar-refractivity contribution in [2.75, 3.05) is 33.2 Å². The second-order valence-corrected chi connectivity index (χ2v) is 6.57. The van der Waals surface area contributed by atoms with Gasteiger partial charge in [0.2, 0.25) is 0 Å². The molecule has 1 heterocycles. The average molecular weight is 339 g/mol. The zero-order valence-corrected chi connectivity index (χ0v) is 14.6. The van der Waals surface area contributed by atoms with E-state index in [4.69, 9.17) is 0 Å². The highest BCUT2D eigenvalue weighted by Gasteiger charge is 2.20. The molecule has 1 saturated heterocycles. The maximum absolute atomic E-state index is 12.5. The Hall–Kier alpha value is -2.37. The Morgan fingerprint density at radius 1 is 1.00 bits per heavy atom. The summed E-state index contributed by atoms with van der Waals surface area (Å²) in [7, 11) is 2.08. The maximum Gasteiger partial charge on any atom is 0.253 e. The normalized spacial score (nSPS) is 15.3. The van der Waals surface area contributed by atoms with Gasteiger partial charge in [-0.1, -0.05) is 24.3 Å². The molecule has 2 aromatic rings. The minimum absolute atomic E-state index is 0.118. The van der Waals surface area contributed by atoms with Crippen molar-refractivity contribution >= 4 is 5.91 Å². The summed E-state index contributed by atoms with van der Waals surface area (Å²) in [5, 5.41) is 12.8. The lowest BCUT2D eigenvalue weighted by molar-refractivity contribution is 0.0664. The SMILES string of the molecule is CN1CCN(C(=O)c2ccc(CNCc3cccc(O)c3)cc2)CC1. The van der Waals surface area contributed by atoms with E-state index in [0.717, 1.165) is 49.4 Å². The van der Waals surface area contributed by atoms with Gasteiger partial charge in [0.15, 0.2) is 0 Å². The Labute approximate surface area is 148 Å². The second kappa shape index (κ2) is 8.14. The van der Waals surface area contributed by atoms with E-state index in [2.05, 4.69) is 17.3 Å². The van der Waals surface area contributed by atoms with Crippen molar-refractivity contribution in [3.63, 3.8) is 0 Å². The van der Waals surface area contributed by atoms with E-state index >= 15 is 0 Å². The average Bonchev–Trinajstić information content (AvgIpc) is 2.62. The predicted molar refractivity (Wildman–Crippen MR) is 98.5 cm³/mol. The zero-order valence-electron chi connectivity index (χ0n) is 14.6. The molecule has 1 aliphatic rings. The summed E-state index contributed by atoms with van der Waals surface area (Å²) >= 11 is 0. The summed E-state index contributed by atoms with van der Waals surface area (Å²) in [5.74, 6) is 0.401. The first-order chi connectivity index (χ1) is 12.1. The fourth-order valence-electron chi connectivity index (χ4n) is 2.97. The fraction of sp³-hybridized carbons (Fsp3) is 0.350. The van der Waals surface area contributed by atoms with Crippen molar-refractivity contribution in [3.8, 4) is 5.75 Å². The van der Waals surface area contributed by atoms with Crippen LogP contribution in [0.5, 0.6) is 5.75 Å². The minimum atomic E-state index is 0.118. The van der Waals surface area contributed by atoms with Crippen LogP contribution in [0.15, 0.2) is 48.5 Å². The topological polar surface area (TPSA) is 55.8 Å². The van der Waals surface area contributed by atoms with Gasteiger partial charge >= 0.3 is 0 Å². The van der Waals surface area contributed by atoms with Crippen LogP contribution in [0, 0.1) is 0 Å². The van der Waals surface area contributed by atoms with Gasteiger partial charge in [-0.2, -0.15) is 0 Å². The molecule has 2 aromatic carbocycles. The number of amides is 1. The molecule has 1 aliphatic heterocycles. The maximum atomic E-state index is 12.5. The summed E-state index contributed by atoms with van der Waals surface area (Å²) in [4.78, 5) is 16.7. The van der Waals surface area contributed by atoms with Gasteiger partial charge in [0.05, 0.1) is 0 Å². The van der Waals surface area contributed by atoms with E-state index in [1.807, 2.05) is 41.3 Å². The Morgan fingerprint density at radius 2 is 1.68 bits per heavy atom. The smallest absolute Gasteiger partial charge is 0.253 e. The number of aromatic hydroxyl groups is 1. The molecule has 132 valence electrons. The minimum Gasteiger partial charge on any atom is -0.508 e. The summed E-state index contributed by atoms with van der Waals surface area (Å²) in [6.45, 7) is 4.87. The van der Waals surface area contributed by atoms with Crippen LogP contribution in [-0.4, -0.2) is 54.0 Å².